The van der Waals surface area contributed by atoms with Crippen molar-refractivity contribution < 1.29 is 42.5 Å². The minimum absolute atomic E-state index is 0.0946. The third kappa shape index (κ3) is 8.43. The molecule has 280 valence electrons. The number of carboxylic acid groups (broad SMARTS) is 1. The van der Waals surface area contributed by atoms with Crippen molar-refractivity contribution in [1.29, 1.82) is 0 Å². The third-order valence-electron chi connectivity index (χ3n) is 9.70. The summed E-state index contributed by atoms with van der Waals surface area (Å²) in [5.41, 5.74) is -0.436. The van der Waals surface area contributed by atoms with E-state index in [1.807, 2.05) is 0 Å². The van der Waals surface area contributed by atoms with Crippen molar-refractivity contribution in [3.8, 4) is 23.0 Å². The number of hydrogen-bond acceptors (Lipinski definition) is 8. The molecule has 53 heavy (non-hydrogen) atoms. The Hall–Kier alpha value is -5.50. The number of hydrogen-bond donors (Lipinski definition) is 3. The van der Waals surface area contributed by atoms with Gasteiger partial charge in [0.2, 0.25) is 11.8 Å². The van der Waals surface area contributed by atoms with Crippen molar-refractivity contribution >= 4 is 40.2 Å². The van der Waals surface area contributed by atoms with E-state index in [2.05, 4.69) is 41.3 Å². The lowest BCUT2D eigenvalue weighted by atomic mass is 9.84. The minimum atomic E-state index is -1.30. The van der Waals surface area contributed by atoms with Gasteiger partial charge < -0.3 is 34.9 Å². The number of carbonyl (C=O) groups is 3. The maximum Gasteiger partial charge on any atom is 0.407 e. The van der Waals surface area contributed by atoms with Crippen LogP contribution in [0.1, 0.15) is 40.0 Å². The second-order valence-electron chi connectivity index (χ2n) is 14.4. The van der Waals surface area contributed by atoms with E-state index in [-0.39, 0.29) is 22.9 Å². The summed E-state index contributed by atoms with van der Waals surface area (Å²) in [6, 6.07) is 14.2. The predicted molar refractivity (Wildman–Crippen MR) is 195 cm³/mol. The van der Waals surface area contributed by atoms with Crippen molar-refractivity contribution in [2.45, 2.75) is 46.1 Å². The normalized spacial score (nSPS) is 16.9. The van der Waals surface area contributed by atoms with Crippen LogP contribution in [0, 0.1) is 22.5 Å². The van der Waals surface area contributed by atoms with E-state index in [0.717, 1.165) is 12.6 Å². The summed E-state index contributed by atoms with van der Waals surface area (Å²) < 4.78 is 46.3. The van der Waals surface area contributed by atoms with E-state index in [1.54, 1.807) is 18.2 Å². The summed E-state index contributed by atoms with van der Waals surface area (Å²) in [5.74, 6) is -1.12. The Balaban J connectivity index is 1.07. The first-order chi connectivity index (χ1) is 25.3. The van der Waals surface area contributed by atoms with E-state index in [4.69, 9.17) is 14.2 Å². The second-order valence-corrected chi connectivity index (χ2v) is 14.4. The summed E-state index contributed by atoms with van der Waals surface area (Å²) >= 11 is 0. The minimum Gasteiger partial charge on any atom is -0.493 e. The number of amides is 3. The predicted octanol–water partition coefficient (Wildman–Crippen LogP) is 7.15. The van der Waals surface area contributed by atoms with Crippen molar-refractivity contribution in [1.82, 2.24) is 14.8 Å². The molecule has 2 fully saturated rings. The van der Waals surface area contributed by atoms with Crippen LogP contribution < -0.4 is 24.8 Å². The fourth-order valence-electron chi connectivity index (χ4n) is 6.47. The number of carbonyl (C=O) groups excluding carboxylic acids is 2. The van der Waals surface area contributed by atoms with Crippen molar-refractivity contribution in [2.24, 2.45) is 10.8 Å². The molecule has 0 spiro atoms. The molecule has 6 rings (SSSR count). The van der Waals surface area contributed by atoms with E-state index >= 15 is 4.39 Å². The standard InChI is InChI=1S/C39H43F2N5O7/c1-38(2,3)34-23-45(17-18-46(34)37(49)50)16-5-19-52-33-22-29-27(21-32(33)51-4)30(12-15-42-29)53-31-11-10-26(20-28(31)41)44-36(48)39(13-14-39)35(47)43-25-8-6-24(40)7-9-25/h6-12,15,20-22,34H,5,13-14,16-19,23H2,1-4H3,(H,43,47)(H,44,48)(H,49,50). The van der Waals surface area contributed by atoms with Crippen LogP contribution in [0.25, 0.3) is 10.9 Å². The number of fused-ring (bicyclic) bond motifs is 1. The summed E-state index contributed by atoms with van der Waals surface area (Å²) in [4.78, 5) is 46.0. The summed E-state index contributed by atoms with van der Waals surface area (Å²) in [5, 5.41) is 15.5. The molecule has 2 aliphatic rings. The lowest BCUT2D eigenvalue weighted by Gasteiger charge is -2.46. The molecule has 0 bridgehead atoms. The first-order valence-corrected chi connectivity index (χ1v) is 17.4. The molecule has 12 nitrogen and oxygen atoms in total. The topological polar surface area (TPSA) is 143 Å². The zero-order valence-electron chi connectivity index (χ0n) is 30.1. The van der Waals surface area contributed by atoms with Crippen LogP contribution in [0.15, 0.2) is 66.9 Å². The molecule has 2 heterocycles. The van der Waals surface area contributed by atoms with Gasteiger partial charge >= 0.3 is 6.09 Å². The van der Waals surface area contributed by atoms with Gasteiger partial charge in [0.05, 0.1) is 25.3 Å². The van der Waals surface area contributed by atoms with Gasteiger partial charge in [0.1, 0.15) is 17.0 Å². The Morgan fingerprint density at radius 3 is 2.25 bits per heavy atom. The fourth-order valence-corrected chi connectivity index (χ4v) is 6.47. The molecule has 1 aliphatic carbocycles. The Kier molecular flexibility index (Phi) is 10.7. The molecular formula is C39H43F2N5O7. The first-order valence-electron chi connectivity index (χ1n) is 17.4. The zero-order chi connectivity index (χ0) is 37.9. The number of methoxy groups -OCH3 is 1. The highest BCUT2D eigenvalue weighted by Gasteiger charge is 2.56. The number of aromatic nitrogens is 1. The summed E-state index contributed by atoms with van der Waals surface area (Å²) in [7, 11) is 1.52. The zero-order valence-corrected chi connectivity index (χ0v) is 30.1. The monoisotopic (exact) mass is 731 g/mol. The molecule has 3 N–H and O–H groups in total. The van der Waals surface area contributed by atoms with E-state index in [9.17, 15) is 23.9 Å². The quantitative estimate of drug-likeness (QED) is 0.102. The first kappa shape index (κ1) is 37.3. The lowest BCUT2D eigenvalue weighted by Crippen LogP contribution is -2.59. The highest BCUT2D eigenvalue weighted by molar-refractivity contribution is 6.16. The molecule has 1 aliphatic heterocycles. The smallest absolute Gasteiger partial charge is 0.407 e. The Morgan fingerprint density at radius 2 is 1.60 bits per heavy atom. The van der Waals surface area contributed by atoms with Gasteiger partial charge in [-0.1, -0.05) is 20.8 Å². The molecule has 0 radical (unpaired) electrons. The van der Waals surface area contributed by atoms with Crippen LogP contribution >= 0.6 is 0 Å². The highest BCUT2D eigenvalue weighted by atomic mass is 19.1. The lowest BCUT2D eigenvalue weighted by molar-refractivity contribution is -0.131. The van der Waals surface area contributed by atoms with Crippen LogP contribution in [0.5, 0.6) is 23.0 Å². The van der Waals surface area contributed by atoms with Crippen LogP contribution in [0.3, 0.4) is 0 Å². The molecule has 3 amide bonds. The average molecular weight is 732 g/mol. The van der Waals surface area contributed by atoms with Crippen LogP contribution in [-0.4, -0.2) is 83.7 Å². The molecular weight excluding hydrogens is 688 g/mol. The van der Waals surface area contributed by atoms with Gasteiger partial charge in [-0.05, 0) is 73.2 Å². The van der Waals surface area contributed by atoms with Gasteiger partial charge in [-0.25, -0.2) is 13.6 Å². The van der Waals surface area contributed by atoms with Gasteiger partial charge in [-0.15, -0.1) is 0 Å². The molecule has 1 unspecified atom stereocenters. The second kappa shape index (κ2) is 15.2. The number of benzene rings is 3. The number of piperazine rings is 1. The number of anilines is 2. The maximum atomic E-state index is 15.3. The van der Waals surface area contributed by atoms with Crippen LogP contribution in [-0.2, 0) is 9.59 Å². The van der Waals surface area contributed by atoms with Crippen molar-refractivity contribution in [2.75, 3.05) is 50.5 Å². The maximum absolute atomic E-state index is 15.3. The van der Waals surface area contributed by atoms with E-state index in [0.29, 0.717) is 79.3 Å². The van der Waals surface area contributed by atoms with Gasteiger partial charge in [-0.3, -0.25) is 19.5 Å². The molecule has 3 aromatic carbocycles. The van der Waals surface area contributed by atoms with Crippen LogP contribution in [0.2, 0.25) is 0 Å². The van der Waals surface area contributed by atoms with Gasteiger partial charge in [0.15, 0.2) is 23.1 Å². The molecule has 4 aromatic rings. The van der Waals surface area contributed by atoms with E-state index < -0.39 is 35.0 Å². The van der Waals surface area contributed by atoms with Crippen LogP contribution in [0.4, 0.5) is 25.0 Å². The van der Waals surface area contributed by atoms with Gasteiger partial charge in [0, 0.05) is 61.3 Å². The highest BCUT2D eigenvalue weighted by Crippen LogP contribution is 2.48. The van der Waals surface area contributed by atoms with Crippen molar-refractivity contribution in [3.63, 3.8) is 0 Å². The fraction of sp³-hybridized carbons (Fsp3) is 0.385. The Morgan fingerprint density at radius 1 is 0.906 bits per heavy atom. The van der Waals surface area contributed by atoms with E-state index in [1.165, 1.54) is 54.6 Å². The largest absolute Gasteiger partial charge is 0.493 e. The number of ether oxygens (including phenoxy) is 3. The molecule has 1 saturated carbocycles. The Bertz CT molecular complexity index is 2000. The Labute approximate surface area is 306 Å². The summed E-state index contributed by atoms with van der Waals surface area (Å²) in [6.45, 7) is 9.07. The van der Waals surface area contributed by atoms with Crippen molar-refractivity contribution in [3.05, 3.63) is 78.5 Å². The molecule has 1 aromatic heterocycles. The molecule has 1 atom stereocenters. The molecule has 1 saturated heterocycles. The SMILES string of the molecule is COc1cc2c(Oc3ccc(NC(=O)C4(C(=O)Nc5ccc(F)cc5)CC4)cc3F)ccnc2cc1OCCCN1CCN(C(=O)O)C(C(C)(C)C)C1. The number of rotatable bonds is 12. The number of nitrogens with zero attached hydrogens (tertiary/aromatic N) is 3. The molecule has 14 heteroatoms. The number of halogens is 2. The van der Waals surface area contributed by atoms with Gasteiger partial charge in [0.25, 0.3) is 0 Å². The summed E-state index contributed by atoms with van der Waals surface area (Å²) in [6.07, 6.45) is 2.01. The number of pyridine rings is 1. The average Bonchev–Trinajstić information content (AvgIpc) is 3.94. The van der Waals surface area contributed by atoms with Gasteiger partial charge in [-0.2, -0.15) is 0 Å². The number of nitrogens with one attached hydrogen (secondary N) is 2. The third-order valence-corrected chi connectivity index (χ3v) is 9.70.